The minimum absolute atomic E-state index is 0.165. The van der Waals surface area contributed by atoms with Crippen molar-refractivity contribution in [3.05, 3.63) is 12.2 Å². The zero-order valence-corrected chi connectivity index (χ0v) is 6.09. The summed E-state index contributed by atoms with van der Waals surface area (Å²) in [5, 5.41) is 27.2. The highest BCUT2D eigenvalue weighted by molar-refractivity contribution is 6.13. The van der Waals surface area contributed by atoms with E-state index in [1.54, 1.807) is 12.2 Å². The molecule has 0 amide bonds. The molecule has 60 valence electrons. The third kappa shape index (κ3) is 1.64. The van der Waals surface area contributed by atoms with Crippen LogP contribution >= 0.6 is 0 Å². The third-order valence-electron chi connectivity index (χ3n) is 1.97. The molecule has 4 unspecified atom stereocenters. The number of aliphatic hydroxyl groups excluding tert-OH is 3. The number of aliphatic hydroxyl groups is 3. The van der Waals surface area contributed by atoms with Gasteiger partial charge in [0.15, 0.2) is 0 Å². The highest BCUT2D eigenvalue weighted by Crippen LogP contribution is 2.24. The summed E-state index contributed by atoms with van der Waals surface area (Å²) in [6, 6.07) is 0. The molecule has 0 saturated carbocycles. The van der Waals surface area contributed by atoms with Crippen LogP contribution in [0.25, 0.3) is 0 Å². The van der Waals surface area contributed by atoms with E-state index in [0.29, 0.717) is 0 Å². The average molecular weight is 154 g/mol. The molecule has 0 aliphatic heterocycles. The maximum Gasteiger partial charge on any atom is 0.0881 e. The van der Waals surface area contributed by atoms with Crippen molar-refractivity contribution >= 4 is 7.85 Å². The van der Waals surface area contributed by atoms with Crippen LogP contribution in [0.15, 0.2) is 12.2 Å². The van der Waals surface area contributed by atoms with E-state index in [1.165, 1.54) is 0 Å². The molecule has 1 aliphatic rings. The van der Waals surface area contributed by atoms with E-state index in [2.05, 4.69) is 0 Å². The van der Waals surface area contributed by atoms with Gasteiger partial charge in [-0.15, -0.1) is 0 Å². The lowest BCUT2D eigenvalue weighted by Crippen LogP contribution is -2.39. The Morgan fingerprint density at radius 3 is 2.36 bits per heavy atom. The molecular weight excluding hydrogens is 143 g/mol. The molecule has 3 nitrogen and oxygen atoms in total. The standard InChI is InChI=1S/C7H11BO3/c8-5-2-1-4(3-9)6(10)7(5)11/h1-2,4-7,9-11H,3H2. The first kappa shape index (κ1) is 8.78. The normalized spacial score (nSPS) is 44.3. The SMILES string of the molecule is [B]C1C=CC(CO)C(O)C1O. The lowest BCUT2D eigenvalue weighted by Gasteiger charge is -2.30. The van der Waals surface area contributed by atoms with Gasteiger partial charge in [-0.25, -0.2) is 0 Å². The minimum Gasteiger partial charge on any atom is -0.396 e. The Labute approximate surface area is 66.8 Å². The van der Waals surface area contributed by atoms with Crippen molar-refractivity contribution in [2.75, 3.05) is 6.61 Å². The van der Waals surface area contributed by atoms with Crippen molar-refractivity contribution in [3.8, 4) is 0 Å². The first-order valence-electron chi connectivity index (χ1n) is 3.57. The molecule has 3 N–H and O–H groups in total. The van der Waals surface area contributed by atoms with E-state index in [1.807, 2.05) is 0 Å². The summed E-state index contributed by atoms with van der Waals surface area (Å²) in [4.78, 5) is 0. The summed E-state index contributed by atoms with van der Waals surface area (Å²) in [6.45, 7) is -0.165. The number of hydrogen-bond donors (Lipinski definition) is 3. The van der Waals surface area contributed by atoms with Gasteiger partial charge in [0.05, 0.1) is 26.7 Å². The number of hydrogen-bond acceptors (Lipinski definition) is 3. The molecule has 1 rings (SSSR count). The van der Waals surface area contributed by atoms with E-state index in [9.17, 15) is 10.2 Å². The zero-order valence-electron chi connectivity index (χ0n) is 6.09. The molecule has 0 spiro atoms. The fourth-order valence-electron chi connectivity index (χ4n) is 1.15. The predicted molar refractivity (Wildman–Crippen MR) is 41.2 cm³/mol. The Balaban J connectivity index is 2.68. The van der Waals surface area contributed by atoms with Crippen molar-refractivity contribution in [1.29, 1.82) is 0 Å². The van der Waals surface area contributed by atoms with Crippen molar-refractivity contribution in [2.45, 2.75) is 18.0 Å². The molecule has 0 aromatic carbocycles. The molecule has 0 saturated heterocycles. The largest absolute Gasteiger partial charge is 0.396 e. The summed E-state index contributed by atoms with van der Waals surface area (Å²) < 4.78 is 0. The lowest BCUT2D eigenvalue weighted by atomic mass is 9.73. The highest BCUT2D eigenvalue weighted by Gasteiger charge is 2.30. The average Bonchev–Trinajstić information content (AvgIpc) is 2.01. The van der Waals surface area contributed by atoms with Gasteiger partial charge in [0.1, 0.15) is 0 Å². The maximum atomic E-state index is 9.27. The van der Waals surface area contributed by atoms with Gasteiger partial charge < -0.3 is 15.3 Å². The van der Waals surface area contributed by atoms with E-state index in [-0.39, 0.29) is 12.5 Å². The molecule has 0 fully saturated rings. The zero-order chi connectivity index (χ0) is 8.43. The smallest absolute Gasteiger partial charge is 0.0881 e. The van der Waals surface area contributed by atoms with E-state index < -0.39 is 18.0 Å². The van der Waals surface area contributed by atoms with Crippen molar-refractivity contribution < 1.29 is 15.3 Å². The van der Waals surface area contributed by atoms with Gasteiger partial charge in [0.25, 0.3) is 0 Å². The van der Waals surface area contributed by atoms with Gasteiger partial charge >= 0.3 is 0 Å². The third-order valence-corrected chi connectivity index (χ3v) is 1.97. The molecule has 0 aromatic heterocycles. The molecular formula is C7H11BO3. The fourth-order valence-corrected chi connectivity index (χ4v) is 1.15. The van der Waals surface area contributed by atoms with Gasteiger partial charge in [-0.1, -0.05) is 12.2 Å². The summed E-state index contributed by atoms with van der Waals surface area (Å²) in [7, 11) is 5.41. The molecule has 2 radical (unpaired) electrons. The van der Waals surface area contributed by atoms with E-state index in [0.717, 1.165) is 0 Å². The molecule has 4 heteroatoms. The van der Waals surface area contributed by atoms with E-state index >= 15 is 0 Å². The Morgan fingerprint density at radius 1 is 1.18 bits per heavy atom. The van der Waals surface area contributed by atoms with Crippen LogP contribution in [0.1, 0.15) is 0 Å². The van der Waals surface area contributed by atoms with Gasteiger partial charge in [-0.2, -0.15) is 0 Å². The fraction of sp³-hybridized carbons (Fsp3) is 0.714. The second-order valence-electron chi connectivity index (χ2n) is 2.79. The van der Waals surface area contributed by atoms with Gasteiger partial charge in [-0.05, 0) is 5.82 Å². The monoisotopic (exact) mass is 154 g/mol. The van der Waals surface area contributed by atoms with Crippen LogP contribution in [0.4, 0.5) is 0 Å². The van der Waals surface area contributed by atoms with Crippen LogP contribution in [0.3, 0.4) is 0 Å². The van der Waals surface area contributed by atoms with Crippen LogP contribution in [0.5, 0.6) is 0 Å². The van der Waals surface area contributed by atoms with E-state index in [4.69, 9.17) is 13.0 Å². The Kier molecular flexibility index (Phi) is 2.70. The Morgan fingerprint density at radius 2 is 1.82 bits per heavy atom. The summed E-state index contributed by atoms with van der Waals surface area (Å²) in [6.07, 6.45) is 1.32. The summed E-state index contributed by atoms with van der Waals surface area (Å²) >= 11 is 0. The quantitative estimate of drug-likeness (QED) is 0.330. The molecule has 1 aliphatic carbocycles. The minimum atomic E-state index is -0.961. The van der Waals surface area contributed by atoms with Crippen LogP contribution in [-0.2, 0) is 0 Å². The maximum absolute atomic E-state index is 9.27. The van der Waals surface area contributed by atoms with Gasteiger partial charge in [-0.3, -0.25) is 0 Å². The second-order valence-corrected chi connectivity index (χ2v) is 2.79. The van der Waals surface area contributed by atoms with Crippen LogP contribution in [-0.4, -0.2) is 42.0 Å². The predicted octanol–water partition coefficient (Wildman–Crippen LogP) is -1.16. The Hall–Kier alpha value is -0.315. The molecule has 11 heavy (non-hydrogen) atoms. The van der Waals surface area contributed by atoms with Gasteiger partial charge in [0.2, 0.25) is 0 Å². The highest BCUT2D eigenvalue weighted by atomic mass is 16.3. The Bertz CT molecular complexity index is 160. The first-order chi connectivity index (χ1) is 5.16. The van der Waals surface area contributed by atoms with Crippen molar-refractivity contribution in [2.24, 2.45) is 5.92 Å². The van der Waals surface area contributed by atoms with Crippen LogP contribution in [0.2, 0.25) is 5.82 Å². The van der Waals surface area contributed by atoms with Crippen LogP contribution in [0, 0.1) is 5.92 Å². The van der Waals surface area contributed by atoms with Crippen molar-refractivity contribution in [3.63, 3.8) is 0 Å². The number of rotatable bonds is 1. The summed E-state index contributed by atoms with van der Waals surface area (Å²) in [5.74, 6) is -0.905. The first-order valence-corrected chi connectivity index (χ1v) is 3.57. The summed E-state index contributed by atoms with van der Waals surface area (Å²) in [5.41, 5.74) is 0. The molecule has 0 aromatic rings. The second kappa shape index (κ2) is 3.39. The lowest BCUT2D eigenvalue weighted by molar-refractivity contribution is -0.0216. The topological polar surface area (TPSA) is 60.7 Å². The molecule has 0 heterocycles. The van der Waals surface area contributed by atoms with Crippen molar-refractivity contribution in [1.82, 2.24) is 0 Å². The molecule has 0 bridgehead atoms. The molecule has 4 atom stereocenters. The van der Waals surface area contributed by atoms with Crippen LogP contribution < -0.4 is 0 Å². The van der Waals surface area contributed by atoms with Gasteiger partial charge in [0, 0.05) is 5.92 Å².